The highest BCUT2D eigenvalue weighted by molar-refractivity contribution is 7.91. The Bertz CT molecular complexity index is 1330. The molecule has 4 rings (SSSR count). The van der Waals surface area contributed by atoms with Crippen LogP contribution in [0.2, 0.25) is 0 Å². The van der Waals surface area contributed by atoms with E-state index in [0.717, 1.165) is 62.5 Å². The molecular formula is C40H62O7S. The van der Waals surface area contributed by atoms with Gasteiger partial charge in [-0.3, -0.25) is 4.79 Å². The Morgan fingerprint density at radius 1 is 0.979 bits per heavy atom. The van der Waals surface area contributed by atoms with Crippen LogP contribution in [0.1, 0.15) is 106 Å². The Kier molecular flexibility index (Phi) is 13.6. The van der Waals surface area contributed by atoms with Crippen molar-refractivity contribution in [2.45, 2.75) is 148 Å². The molecule has 3 heterocycles. The molecule has 0 amide bonds. The Balaban J connectivity index is 1.35. The molecule has 3 aliphatic heterocycles. The maximum absolute atomic E-state index is 13.6. The van der Waals surface area contributed by atoms with Crippen molar-refractivity contribution in [1.82, 2.24) is 0 Å². The van der Waals surface area contributed by atoms with Gasteiger partial charge in [0.05, 0.1) is 59.3 Å². The molecule has 7 nitrogen and oxygen atoms in total. The van der Waals surface area contributed by atoms with Gasteiger partial charge in [0.15, 0.2) is 9.84 Å². The molecule has 1 aromatic carbocycles. The third-order valence-corrected chi connectivity index (χ3v) is 12.8. The van der Waals surface area contributed by atoms with E-state index < -0.39 is 15.3 Å². The third kappa shape index (κ3) is 10.3. The van der Waals surface area contributed by atoms with Crippen LogP contribution in [0.15, 0.2) is 59.5 Å². The van der Waals surface area contributed by atoms with Crippen molar-refractivity contribution in [3.63, 3.8) is 0 Å². The van der Waals surface area contributed by atoms with Crippen molar-refractivity contribution < 1.29 is 32.2 Å². The first kappa shape index (κ1) is 38.8. The fourth-order valence-corrected chi connectivity index (χ4v) is 9.27. The van der Waals surface area contributed by atoms with Gasteiger partial charge in [-0.2, -0.15) is 0 Å². The third-order valence-electron chi connectivity index (χ3n) is 11.0. The Labute approximate surface area is 291 Å². The lowest BCUT2D eigenvalue weighted by atomic mass is 9.81. The van der Waals surface area contributed by atoms with Gasteiger partial charge in [-0.1, -0.05) is 65.5 Å². The maximum atomic E-state index is 13.6. The first-order chi connectivity index (χ1) is 22.6. The summed E-state index contributed by atoms with van der Waals surface area (Å²) in [6.45, 7) is 23.6. The van der Waals surface area contributed by atoms with Crippen molar-refractivity contribution in [2.75, 3.05) is 12.4 Å². The number of sulfone groups is 1. The molecule has 0 N–H and O–H groups in total. The highest BCUT2D eigenvalue weighted by Crippen LogP contribution is 2.43. The minimum Gasteiger partial charge on any atom is -0.465 e. The van der Waals surface area contributed by atoms with Crippen LogP contribution in [0, 0.1) is 29.1 Å². The molecule has 48 heavy (non-hydrogen) atoms. The van der Waals surface area contributed by atoms with Crippen molar-refractivity contribution in [2.24, 2.45) is 29.1 Å². The number of rotatable bonds is 15. The molecule has 3 saturated heterocycles. The van der Waals surface area contributed by atoms with E-state index in [1.54, 1.807) is 24.3 Å². The van der Waals surface area contributed by atoms with Crippen LogP contribution in [0.4, 0.5) is 0 Å². The van der Waals surface area contributed by atoms with Crippen molar-refractivity contribution in [1.29, 1.82) is 0 Å². The summed E-state index contributed by atoms with van der Waals surface area (Å²) < 4.78 is 52.5. The van der Waals surface area contributed by atoms with E-state index in [1.807, 2.05) is 26.8 Å². The topological polar surface area (TPSA) is 88.1 Å². The number of esters is 1. The van der Waals surface area contributed by atoms with Gasteiger partial charge in [-0.15, -0.1) is 0 Å². The minimum atomic E-state index is -3.48. The average Bonchev–Trinajstić information content (AvgIpc) is 3.53. The molecule has 1 unspecified atom stereocenters. The summed E-state index contributed by atoms with van der Waals surface area (Å²) in [6, 6.07) is 8.79. The molecule has 270 valence electrons. The van der Waals surface area contributed by atoms with E-state index in [9.17, 15) is 13.2 Å². The standard InChI is InChI=1S/C40H62O7S/c1-10-26(2)21-36-30(6)34(25-48(42,43)33-16-12-11-13-17-33)38(47-36)24-37-29(5)27(3)22-32(46-37)18-19-35-28(4)23-31(45-35)15-14-20-44-39(41)40(7,8)9/h11-13,16-17,26-27,30-32,34-38H,4-5,10,14-15,18-25H2,1-3,6-9H3/t26-,27-,30-,31+,32?,34-,35+,36-,37-,38+/m1/s1. The molecule has 0 radical (unpaired) electrons. The maximum Gasteiger partial charge on any atom is 0.311 e. The second-order valence-corrected chi connectivity index (χ2v) is 18.0. The summed E-state index contributed by atoms with van der Waals surface area (Å²) in [6.07, 6.45) is 7.44. The van der Waals surface area contributed by atoms with Crippen LogP contribution >= 0.6 is 0 Å². The zero-order valence-electron chi connectivity index (χ0n) is 30.6. The molecule has 10 atom stereocenters. The van der Waals surface area contributed by atoms with E-state index in [-0.39, 0.29) is 60.2 Å². The average molecular weight is 687 g/mol. The summed E-state index contributed by atoms with van der Waals surface area (Å²) in [5.74, 6) is 0.695. The summed E-state index contributed by atoms with van der Waals surface area (Å²) in [4.78, 5) is 12.4. The quantitative estimate of drug-likeness (QED) is 0.104. The van der Waals surface area contributed by atoms with Crippen molar-refractivity contribution in [3.8, 4) is 0 Å². The molecule has 0 aromatic heterocycles. The van der Waals surface area contributed by atoms with Gasteiger partial charge >= 0.3 is 5.97 Å². The second-order valence-electron chi connectivity index (χ2n) is 16.0. The molecule has 0 aliphatic carbocycles. The van der Waals surface area contributed by atoms with Gasteiger partial charge in [0.2, 0.25) is 0 Å². The zero-order chi connectivity index (χ0) is 35.2. The van der Waals surface area contributed by atoms with Gasteiger partial charge in [-0.05, 0) is 107 Å². The smallest absolute Gasteiger partial charge is 0.311 e. The molecule has 3 fully saturated rings. The highest BCUT2D eigenvalue weighted by Gasteiger charge is 2.46. The van der Waals surface area contributed by atoms with E-state index in [0.29, 0.717) is 29.8 Å². The lowest BCUT2D eigenvalue weighted by Gasteiger charge is -2.38. The molecule has 0 bridgehead atoms. The van der Waals surface area contributed by atoms with Gasteiger partial charge in [0, 0.05) is 12.3 Å². The van der Waals surface area contributed by atoms with Crippen molar-refractivity contribution >= 4 is 15.8 Å². The van der Waals surface area contributed by atoms with Gasteiger partial charge in [0.25, 0.3) is 0 Å². The van der Waals surface area contributed by atoms with E-state index in [4.69, 9.17) is 18.9 Å². The van der Waals surface area contributed by atoms with E-state index >= 15 is 0 Å². The first-order valence-corrected chi connectivity index (χ1v) is 20.0. The van der Waals surface area contributed by atoms with Crippen LogP contribution < -0.4 is 0 Å². The van der Waals surface area contributed by atoms with E-state index in [2.05, 4.69) is 40.9 Å². The normalized spacial score (nSPS) is 32.0. The van der Waals surface area contributed by atoms with Gasteiger partial charge in [-0.25, -0.2) is 8.42 Å². The number of hydrogen-bond donors (Lipinski definition) is 0. The van der Waals surface area contributed by atoms with Crippen LogP contribution in [0.25, 0.3) is 0 Å². The van der Waals surface area contributed by atoms with Crippen LogP contribution in [0.5, 0.6) is 0 Å². The Morgan fingerprint density at radius 3 is 2.33 bits per heavy atom. The van der Waals surface area contributed by atoms with Gasteiger partial charge < -0.3 is 18.9 Å². The number of hydrogen-bond acceptors (Lipinski definition) is 7. The number of ether oxygens (including phenoxy) is 4. The predicted octanol–water partition coefficient (Wildman–Crippen LogP) is 8.52. The first-order valence-electron chi connectivity index (χ1n) is 18.4. The minimum absolute atomic E-state index is 0.00233. The predicted molar refractivity (Wildman–Crippen MR) is 191 cm³/mol. The Morgan fingerprint density at radius 2 is 1.67 bits per heavy atom. The van der Waals surface area contributed by atoms with Gasteiger partial charge in [0.1, 0.15) is 0 Å². The molecule has 1 aromatic rings. The highest BCUT2D eigenvalue weighted by atomic mass is 32.2. The fraction of sp³-hybridized carbons (Fsp3) is 0.725. The largest absolute Gasteiger partial charge is 0.465 e. The molecule has 0 spiro atoms. The van der Waals surface area contributed by atoms with Crippen LogP contribution in [-0.4, -0.2) is 63.4 Å². The second kappa shape index (κ2) is 16.8. The summed E-state index contributed by atoms with van der Waals surface area (Å²) in [7, 11) is -3.48. The summed E-state index contributed by atoms with van der Waals surface area (Å²) >= 11 is 0. The fourth-order valence-electron chi connectivity index (χ4n) is 7.48. The number of benzene rings is 1. The van der Waals surface area contributed by atoms with Crippen molar-refractivity contribution in [3.05, 3.63) is 54.6 Å². The monoisotopic (exact) mass is 686 g/mol. The molecular weight excluding hydrogens is 625 g/mol. The molecule has 0 saturated carbocycles. The number of carbonyl (C=O) groups is 1. The molecule has 8 heteroatoms. The lowest BCUT2D eigenvalue weighted by molar-refractivity contribution is -0.153. The zero-order valence-corrected chi connectivity index (χ0v) is 31.4. The number of carbonyl (C=O) groups excluding carboxylic acids is 1. The lowest BCUT2D eigenvalue weighted by Crippen LogP contribution is -2.38. The Hall–Kier alpha value is -2.00. The SMILES string of the molecule is C=C1C[C@H](CCCOC(=O)C(C)(C)C)O[C@H]1CCC1C[C@@H](C)C(=C)[C@@H](C[C@@H]2O[C@H](C[C@H](C)CC)[C@H](C)[C@H]2CS(=O)(=O)c2ccccc2)O1. The molecule has 3 aliphatic rings. The van der Waals surface area contributed by atoms with Crippen LogP contribution in [0.3, 0.4) is 0 Å². The van der Waals surface area contributed by atoms with E-state index in [1.165, 1.54) is 0 Å². The van der Waals surface area contributed by atoms with Crippen LogP contribution in [-0.2, 0) is 33.6 Å². The summed E-state index contributed by atoms with van der Waals surface area (Å²) in [5, 5.41) is 0. The summed E-state index contributed by atoms with van der Waals surface area (Å²) in [5.41, 5.74) is 1.71.